The van der Waals surface area contributed by atoms with Gasteiger partial charge in [0.1, 0.15) is 23.1 Å². The number of ketones is 1. The number of esters is 1. The molecular formula is C56H52N4O3. The number of hydrogen-bond acceptors (Lipinski definition) is 5. The van der Waals surface area contributed by atoms with E-state index in [0.29, 0.717) is 25.7 Å². The Hall–Kier alpha value is -7.12. The average molecular weight is 829 g/mol. The summed E-state index contributed by atoms with van der Waals surface area (Å²) in [5.41, 5.74) is 5.93. The maximum Gasteiger partial charge on any atom is 0.313 e. The van der Waals surface area contributed by atoms with Crippen LogP contribution in [-0.4, -0.2) is 36.5 Å². The smallest absolute Gasteiger partial charge is 0.313 e. The molecule has 63 heavy (non-hydrogen) atoms. The number of hydrogen-bond donors (Lipinski definition) is 0. The van der Waals surface area contributed by atoms with Crippen molar-refractivity contribution in [3.8, 4) is 0 Å². The van der Waals surface area contributed by atoms with Crippen LogP contribution >= 0.6 is 0 Å². The van der Waals surface area contributed by atoms with Crippen LogP contribution in [-0.2, 0) is 38.2 Å². The molecule has 3 heterocycles. The molecule has 314 valence electrons. The molecule has 0 amide bonds. The zero-order valence-electron chi connectivity index (χ0n) is 35.8. The second kappa shape index (κ2) is 17.7. The summed E-state index contributed by atoms with van der Waals surface area (Å²) in [6, 6.07) is 63.1. The van der Waals surface area contributed by atoms with Gasteiger partial charge in [-0.25, -0.2) is 9.97 Å². The zero-order chi connectivity index (χ0) is 43.3. The molecule has 2 unspecified atom stereocenters. The van der Waals surface area contributed by atoms with Gasteiger partial charge in [0.15, 0.2) is 5.78 Å². The first-order chi connectivity index (χ1) is 30.9. The summed E-state index contributed by atoms with van der Waals surface area (Å²) in [6.45, 7) is 4.12. The number of imidazole rings is 2. The van der Waals surface area contributed by atoms with Crippen LogP contribution in [0.4, 0.5) is 0 Å². The van der Waals surface area contributed by atoms with Crippen molar-refractivity contribution < 1.29 is 14.3 Å². The minimum absolute atomic E-state index is 0.0756. The number of benzene rings is 6. The number of aromatic nitrogens is 4. The van der Waals surface area contributed by atoms with Crippen LogP contribution in [0.5, 0.6) is 0 Å². The molecule has 0 N–H and O–H groups in total. The summed E-state index contributed by atoms with van der Waals surface area (Å²) in [5.74, 6) is -1.18. The molecule has 0 radical (unpaired) electrons. The van der Waals surface area contributed by atoms with Gasteiger partial charge in [0.25, 0.3) is 0 Å². The van der Waals surface area contributed by atoms with Crippen molar-refractivity contribution in [3.05, 3.63) is 252 Å². The SMILES string of the molecule is CC(C)C1(CCc2cn(C(c3ccccc3)(c3ccccc3)c3ccccc3)cn2)OC(=O)CC(=O)C1CCc1cn(C(c2ccccc2)(c2ccccc2)c2ccccc2)cn1. The van der Waals surface area contributed by atoms with Crippen LogP contribution in [0.3, 0.4) is 0 Å². The molecule has 0 saturated carbocycles. The van der Waals surface area contributed by atoms with Gasteiger partial charge in [-0.05, 0) is 65.0 Å². The molecule has 8 aromatic rings. The van der Waals surface area contributed by atoms with Gasteiger partial charge in [-0.2, -0.15) is 0 Å². The lowest BCUT2D eigenvalue weighted by Crippen LogP contribution is -2.54. The van der Waals surface area contributed by atoms with E-state index in [1.54, 1.807) is 0 Å². The number of ether oxygens (including phenoxy) is 1. The molecule has 2 aromatic heterocycles. The first-order valence-electron chi connectivity index (χ1n) is 22.0. The summed E-state index contributed by atoms with van der Waals surface area (Å²) in [6.07, 6.45) is 9.83. The van der Waals surface area contributed by atoms with E-state index in [-0.39, 0.29) is 18.1 Å². The molecule has 0 bridgehead atoms. The number of cyclic esters (lactones) is 1. The van der Waals surface area contributed by atoms with E-state index in [1.807, 2.05) is 49.1 Å². The third-order valence-corrected chi connectivity index (χ3v) is 13.2. The molecule has 1 saturated heterocycles. The maximum absolute atomic E-state index is 14.1. The fraction of sp³-hybridized carbons (Fsp3) is 0.214. The number of nitrogens with zero attached hydrogens (tertiary/aromatic N) is 4. The number of aryl methyl sites for hydroxylation is 2. The molecule has 1 aliphatic heterocycles. The highest BCUT2D eigenvalue weighted by molar-refractivity contribution is 5.99. The highest BCUT2D eigenvalue weighted by atomic mass is 16.6. The standard InChI is InChI=1S/C56H52N4O3/c1-42(2)54(36-35-50-39-60(41-58-50)56(46-27-15-6-16-28-46,47-29-17-7-18-30-47)48-31-19-8-20-32-48)51(52(61)37-53(62)63-54)34-33-49-38-59(40-57-49)55(43-21-9-3-10-22-43,44-23-11-4-12-24-44)45-25-13-5-14-26-45/h3-32,38-42,51H,33-37H2,1-2H3. The summed E-state index contributed by atoms with van der Waals surface area (Å²) >= 11 is 0. The third kappa shape index (κ3) is 7.52. The van der Waals surface area contributed by atoms with Crippen LogP contribution in [0.1, 0.15) is 77.9 Å². The van der Waals surface area contributed by atoms with Gasteiger partial charge in [-0.15, -0.1) is 0 Å². The third-order valence-electron chi connectivity index (χ3n) is 13.2. The maximum atomic E-state index is 14.1. The Kier molecular flexibility index (Phi) is 11.6. The fourth-order valence-corrected chi connectivity index (χ4v) is 10.2. The van der Waals surface area contributed by atoms with Gasteiger partial charge in [0, 0.05) is 12.4 Å². The van der Waals surface area contributed by atoms with Crippen LogP contribution in [0.2, 0.25) is 0 Å². The fourth-order valence-electron chi connectivity index (χ4n) is 10.2. The van der Waals surface area contributed by atoms with Crippen molar-refractivity contribution in [1.82, 2.24) is 19.1 Å². The Balaban J connectivity index is 1.04. The van der Waals surface area contributed by atoms with Crippen LogP contribution in [0, 0.1) is 11.8 Å². The van der Waals surface area contributed by atoms with Gasteiger partial charge in [0.2, 0.25) is 0 Å². The van der Waals surface area contributed by atoms with E-state index in [0.717, 1.165) is 44.8 Å². The van der Waals surface area contributed by atoms with Crippen molar-refractivity contribution >= 4 is 11.8 Å². The Bertz CT molecular complexity index is 2560. The largest absolute Gasteiger partial charge is 0.458 e. The van der Waals surface area contributed by atoms with Crippen molar-refractivity contribution in [2.45, 2.75) is 62.6 Å². The molecule has 7 nitrogen and oxygen atoms in total. The molecule has 9 rings (SSSR count). The van der Waals surface area contributed by atoms with E-state index in [4.69, 9.17) is 14.7 Å². The average Bonchev–Trinajstić information content (AvgIpc) is 4.01. The Morgan fingerprint density at radius 2 is 0.873 bits per heavy atom. The van der Waals surface area contributed by atoms with Crippen molar-refractivity contribution in [2.75, 3.05) is 0 Å². The molecule has 2 atom stereocenters. The highest BCUT2D eigenvalue weighted by Gasteiger charge is 2.52. The molecule has 1 aliphatic rings. The van der Waals surface area contributed by atoms with E-state index >= 15 is 0 Å². The lowest BCUT2D eigenvalue weighted by atomic mass is 9.69. The van der Waals surface area contributed by atoms with E-state index < -0.39 is 28.6 Å². The van der Waals surface area contributed by atoms with Gasteiger partial charge in [0.05, 0.1) is 30.0 Å². The van der Waals surface area contributed by atoms with E-state index in [9.17, 15) is 9.59 Å². The van der Waals surface area contributed by atoms with Gasteiger partial charge in [-0.1, -0.05) is 196 Å². The second-order valence-corrected chi connectivity index (χ2v) is 17.0. The normalized spacial score (nSPS) is 16.8. The van der Waals surface area contributed by atoms with Gasteiger partial charge >= 0.3 is 5.97 Å². The molecule has 6 aromatic carbocycles. The lowest BCUT2D eigenvalue weighted by Gasteiger charge is -2.45. The van der Waals surface area contributed by atoms with Crippen LogP contribution < -0.4 is 0 Å². The van der Waals surface area contributed by atoms with Crippen molar-refractivity contribution in [1.29, 1.82) is 0 Å². The Morgan fingerprint density at radius 3 is 1.21 bits per heavy atom. The Morgan fingerprint density at radius 1 is 0.540 bits per heavy atom. The van der Waals surface area contributed by atoms with Crippen LogP contribution in [0.15, 0.2) is 207 Å². The quantitative estimate of drug-likeness (QED) is 0.0584. The van der Waals surface area contributed by atoms with Gasteiger partial charge in [-0.3, -0.25) is 9.59 Å². The molecule has 1 fully saturated rings. The highest BCUT2D eigenvalue weighted by Crippen LogP contribution is 2.45. The number of Topliss-reactive ketones (excluding diaryl/α,β-unsaturated/α-hetero) is 1. The van der Waals surface area contributed by atoms with E-state index in [2.05, 4.69) is 181 Å². The van der Waals surface area contributed by atoms with Crippen molar-refractivity contribution in [2.24, 2.45) is 11.8 Å². The zero-order valence-corrected chi connectivity index (χ0v) is 35.8. The number of carbonyl (C=O) groups excluding carboxylic acids is 2. The summed E-state index contributed by atoms with van der Waals surface area (Å²) < 4.78 is 10.8. The first kappa shape index (κ1) is 41.2. The minimum Gasteiger partial charge on any atom is -0.458 e. The Labute approximate surface area is 370 Å². The topological polar surface area (TPSA) is 79.0 Å². The summed E-state index contributed by atoms with van der Waals surface area (Å²) in [4.78, 5) is 37.4. The molecule has 0 spiro atoms. The predicted molar refractivity (Wildman–Crippen MR) is 247 cm³/mol. The van der Waals surface area contributed by atoms with E-state index in [1.165, 1.54) is 0 Å². The lowest BCUT2D eigenvalue weighted by molar-refractivity contribution is -0.188. The predicted octanol–water partition coefficient (Wildman–Crippen LogP) is 10.9. The molecule has 7 heteroatoms. The van der Waals surface area contributed by atoms with Gasteiger partial charge < -0.3 is 13.9 Å². The van der Waals surface area contributed by atoms with Crippen LogP contribution in [0.25, 0.3) is 0 Å². The molecule has 0 aliphatic carbocycles. The van der Waals surface area contributed by atoms with Crippen molar-refractivity contribution in [3.63, 3.8) is 0 Å². The summed E-state index contributed by atoms with van der Waals surface area (Å²) in [7, 11) is 0. The minimum atomic E-state index is -1.02. The number of rotatable bonds is 15. The summed E-state index contributed by atoms with van der Waals surface area (Å²) in [5, 5.41) is 0. The first-order valence-corrected chi connectivity index (χ1v) is 22.0. The monoisotopic (exact) mass is 828 g/mol. The molecular weight excluding hydrogens is 777 g/mol. The second-order valence-electron chi connectivity index (χ2n) is 17.0. The number of carbonyl (C=O) groups is 2.